The van der Waals surface area contributed by atoms with E-state index >= 15 is 0 Å². The smallest absolute Gasteiger partial charge is 0.0926 e. The number of aromatic nitrogens is 2. The molecule has 0 radical (unpaired) electrons. The van der Waals surface area contributed by atoms with Gasteiger partial charge in [-0.15, -0.1) is 0 Å². The fourth-order valence-electron chi connectivity index (χ4n) is 2.28. The van der Waals surface area contributed by atoms with Crippen molar-refractivity contribution in [2.75, 3.05) is 6.54 Å². The van der Waals surface area contributed by atoms with E-state index in [9.17, 15) is 0 Å². The summed E-state index contributed by atoms with van der Waals surface area (Å²) in [6.45, 7) is 13.5. The number of hydrogen-bond acceptors (Lipinski definition) is 2. The van der Waals surface area contributed by atoms with Gasteiger partial charge >= 0.3 is 0 Å². The molecule has 0 atom stereocenters. The molecule has 1 aromatic carbocycles. The van der Waals surface area contributed by atoms with E-state index in [1.54, 1.807) is 0 Å². The van der Waals surface area contributed by atoms with Crippen molar-refractivity contribution in [1.29, 1.82) is 0 Å². The highest BCUT2D eigenvalue weighted by Gasteiger charge is 2.09. The Labute approximate surface area is 134 Å². The van der Waals surface area contributed by atoms with Gasteiger partial charge in [0.05, 0.1) is 11.2 Å². The number of nitrogens with zero attached hydrogens (tertiary/aromatic N) is 3. The fraction of sp³-hybridized carbons (Fsp3) is 0.474. The van der Waals surface area contributed by atoms with Crippen molar-refractivity contribution < 1.29 is 0 Å². The molecule has 0 bridgehead atoms. The van der Waals surface area contributed by atoms with Gasteiger partial charge in [0.1, 0.15) is 0 Å². The summed E-state index contributed by atoms with van der Waals surface area (Å²) in [6.07, 6.45) is 5.47. The topological polar surface area (TPSA) is 30.2 Å². The second kappa shape index (κ2) is 8.52. The normalized spacial score (nSPS) is 11.1. The van der Waals surface area contributed by atoms with Gasteiger partial charge < -0.3 is 0 Å². The van der Waals surface area contributed by atoms with Crippen LogP contribution in [0.4, 0.5) is 0 Å². The Hall–Kier alpha value is -1.90. The summed E-state index contributed by atoms with van der Waals surface area (Å²) in [5, 5.41) is 5.64. The Kier molecular flexibility index (Phi) is 7.03. The van der Waals surface area contributed by atoms with E-state index in [0.29, 0.717) is 0 Å². The summed E-state index contributed by atoms with van der Waals surface area (Å²) in [7, 11) is 1.95. The van der Waals surface area contributed by atoms with Crippen LogP contribution < -0.4 is 0 Å². The molecule has 1 heterocycles. The minimum Gasteiger partial charge on any atom is -0.285 e. The van der Waals surface area contributed by atoms with Crippen molar-refractivity contribution in [3.63, 3.8) is 0 Å². The molecule has 3 heteroatoms. The average Bonchev–Trinajstić information content (AvgIpc) is 2.81. The molecule has 22 heavy (non-hydrogen) atoms. The Balaban J connectivity index is 0.000000745. The molecule has 2 rings (SSSR count). The first-order valence-electron chi connectivity index (χ1n) is 8.07. The van der Waals surface area contributed by atoms with E-state index in [0.717, 1.165) is 17.8 Å². The van der Waals surface area contributed by atoms with Crippen LogP contribution in [0.3, 0.4) is 0 Å². The van der Waals surface area contributed by atoms with Crippen molar-refractivity contribution in [2.24, 2.45) is 12.0 Å². The lowest BCUT2D eigenvalue weighted by molar-refractivity contribution is 0.779. The predicted molar refractivity (Wildman–Crippen MR) is 97.9 cm³/mol. The number of aliphatic imine (C=N–C) groups is 1. The molecule has 0 fully saturated rings. The molecule has 1 aromatic heterocycles. The molecule has 0 unspecified atom stereocenters. The van der Waals surface area contributed by atoms with Gasteiger partial charge in [0.25, 0.3) is 0 Å². The van der Waals surface area contributed by atoms with Crippen LogP contribution in [-0.2, 0) is 7.05 Å². The van der Waals surface area contributed by atoms with Crippen LogP contribution in [0, 0.1) is 6.92 Å². The third-order valence-electron chi connectivity index (χ3n) is 3.10. The zero-order valence-corrected chi connectivity index (χ0v) is 15.1. The van der Waals surface area contributed by atoms with E-state index in [1.165, 1.54) is 28.5 Å². The molecule has 0 aliphatic heterocycles. The number of aryl methyl sites for hydroxylation is 2. The van der Waals surface area contributed by atoms with Gasteiger partial charge in [0.15, 0.2) is 0 Å². The van der Waals surface area contributed by atoms with Crippen LogP contribution in [0.25, 0.3) is 10.9 Å². The zero-order chi connectivity index (χ0) is 16.7. The van der Waals surface area contributed by atoms with Gasteiger partial charge in [-0.1, -0.05) is 31.9 Å². The largest absolute Gasteiger partial charge is 0.285 e. The predicted octanol–water partition coefficient (Wildman–Crippen LogP) is 5.07. The minimum absolute atomic E-state index is 0.795. The van der Waals surface area contributed by atoms with Crippen LogP contribution in [0.15, 0.2) is 35.0 Å². The summed E-state index contributed by atoms with van der Waals surface area (Å²) >= 11 is 0. The fourth-order valence-corrected chi connectivity index (χ4v) is 2.28. The SMILES string of the molecule is CCC.CCN=C(C=C(C)C)c1ccc2nn(C)cc2c1C. The highest BCUT2D eigenvalue weighted by atomic mass is 15.2. The molecule has 0 saturated carbocycles. The van der Waals surface area contributed by atoms with Crippen molar-refractivity contribution in [2.45, 2.75) is 48.0 Å². The molecule has 0 saturated heterocycles. The molecule has 2 aromatic rings. The zero-order valence-electron chi connectivity index (χ0n) is 15.1. The lowest BCUT2D eigenvalue weighted by atomic mass is 9.99. The maximum absolute atomic E-state index is 4.62. The van der Waals surface area contributed by atoms with Gasteiger partial charge in [-0.2, -0.15) is 5.10 Å². The summed E-state index contributed by atoms with van der Waals surface area (Å²) in [6, 6.07) is 4.19. The Morgan fingerprint density at radius 2 is 1.86 bits per heavy atom. The Morgan fingerprint density at radius 1 is 1.23 bits per heavy atom. The molecule has 120 valence electrons. The molecule has 0 amide bonds. The number of rotatable bonds is 3. The Morgan fingerprint density at radius 3 is 2.41 bits per heavy atom. The first kappa shape index (κ1) is 18.1. The third kappa shape index (κ3) is 4.55. The van der Waals surface area contributed by atoms with Crippen molar-refractivity contribution in [3.8, 4) is 0 Å². The van der Waals surface area contributed by atoms with E-state index in [2.05, 4.69) is 76.0 Å². The van der Waals surface area contributed by atoms with Gasteiger partial charge in [-0.25, -0.2) is 0 Å². The second-order valence-corrected chi connectivity index (χ2v) is 5.76. The summed E-state index contributed by atoms with van der Waals surface area (Å²) < 4.78 is 1.86. The van der Waals surface area contributed by atoms with Crippen molar-refractivity contribution in [3.05, 3.63) is 41.1 Å². The second-order valence-electron chi connectivity index (χ2n) is 5.76. The number of fused-ring (bicyclic) bond motifs is 1. The maximum Gasteiger partial charge on any atom is 0.0926 e. The van der Waals surface area contributed by atoms with Crippen LogP contribution >= 0.6 is 0 Å². The van der Waals surface area contributed by atoms with Crippen LogP contribution in [0.5, 0.6) is 0 Å². The molecule has 0 N–H and O–H groups in total. The minimum atomic E-state index is 0.795. The highest BCUT2D eigenvalue weighted by molar-refractivity contribution is 6.12. The van der Waals surface area contributed by atoms with Gasteiger partial charge in [0.2, 0.25) is 0 Å². The van der Waals surface area contributed by atoms with E-state index in [-0.39, 0.29) is 0 Å². The molecular formula is C19H29N3. The Bertz CT molecular complexity index is 671. The maximum atomic E-state index is 4.62. The highest BCUT2D eigenvalue weighted by Crippen LogP contribution is 2.22. The lowest BCUT2D eigenvalue weighted by Crippen LogP contribution is -2.02. The van der Waals surface area contributed by atoms with Gasteiger partial charge in [0, 0.05) is 30.7 Å². The summed E-state index contributed by atoms with van der Waals surface area (Å²) in [4.78, 5) is 4.62. The lowest BCUT2D eigenvalue weighted by Gasteiger charge is -2.07. The van der Waals surface area contributed by atoms with Gasteiger partial charge in [-0.3, -0.25) is 9.67 Å². The quantitative estimate of drug-likeness (QED) is 0.727. The average molecular weight is 299 g/mol. The first-order valence-corrected chi connectivity index (χ1v) is 8.07. The van der Waals surface area contributed by atoms with E-state index in [4.69, 9.17) is 0 Å². The standard InChI is InChI=1S/C16H21N3.C3H8/c1-6-17-16(9-11(2)3)13-7-8-15-14(12(13)4)10-19(5)18-15;1-3-2/h7-10H,6H2,1-5H3;3H2,1-2H3. The molecule has 0 aliphatic rings. The third-order valence-corrected chi connectivity index (χ3v) is 3.10. The molecule has 0 aliphatic carbocycles. The molecule has 3 nitrogen and oxygen atoms in total. The van der Waals surface area contributed by atoms with Crippen LogP contribution in [0.2, 0.25) is 0 Å². The van der Waals surface area contributed by atoms with Crippen molar-refractivity contribution in [1.82, 2.24) is 9.78 Å². The summed E-state index contributed by atoms with van der Waals surface area (Å²) in [5.41, 5.74) is 5.80. The summed E-state index contributed by atoms with van der Waals surface area (Å²) in [5.74, 6) is 0. The van der Waals surface area contributed by atoms with E-state index in [1.807, 2.05) is 11.7 Å². The van der Waals surface area contributed by atoms with Crippen molar-refractivity contribution >= 4 is 16.6 Å². The monoisotopic (exact) mass is 299 g/mol. The molecular weight excluding hydrogens is 270 g/mol. The number of hydrogen-bond donors (Lipinski definition) is 0. The number of allylic oxidation sites excluding steroid dienone is 2. The van der Waals surface area contributed by atoms with Crippen LogP contribution in [0.1, 0.15) is 52.2 Å². The first-order chi connectivity index (χ1) is 10.4. The number of benzene rings is 1. The van der Waals surface area contributed by atoms with Crippen LogP contribution in [-0.4, -0.2) is 22.0 Å². The van der Waals surface area contributed by atoms with Gasteiger partial charge in [-0.05, 0) is 45.4 Å². The molecule has 0 spiro atoms. The van der Waals surface area contributed by atoms with E-state index < -0.39 is 0 Å².